The lowest BCUT2D eigenvalue weighted by Gasteiger charge is -2.14. The van der Waals surface area contributed by atoms with Crippen molar-refractivity contribution in [1.82, 2.24) is 0 Å². The van der Waals surface area contributed by atoms with E-state index in [0.29, 0.717) is 18.8 Å². The van der Waals surface area contributed by atoms with Crippen LogP contribution in [0.4, 0.5) is 4.39 Å². The van der Waals surface area contributed by atoms with Crippen LogP contribution in [0.3, 0.4) is 0 Å². The largest absolute Gasteiger partial charge is 0.488 e. The van der Waals surface area contributed by atoms with E-state index in [-0.39, 0.29) is 17.6 Å². The first-order valence-corrected chi connectivity index (χ1v) is 6.41. The van der Waals surface area contributed by atoms with Crippen molar-refractivity contribution in [1.29, 1.82) is 0 Å². The lowest BCUT2D eigenvalue weighted by molar-refractivity contribution is 0.0962. The molecule has 0 amide bonds. The lowest BCUT2D eigenvalue weighted by Crippen LogP contribution is -2.13. The summed E-state index contributed by atoms with van der Waals surface area (Å²) >= 11 is 0. The van der Waals surface area contributed by atoms with Gasteiger partial charge in [0.15, 0.2) is 11.6 Å². The molecule has 0 unspecified atom stereocenters. The molecule has 1 aromatic carbocycles. The van der Waals surface area contributed by atoms with Gasteiger partial charge in [-0.05, 0) is 19.4 Å². The van der Waals surface area contributed by atoms with Crippen LogP contribution in [0.15, 0.2) is 18.2 Å². The van der Waals surface area contributed by atoms with E-state index < -0.39 is 0 Å². The highest BCUT2D eigenvalue weighted by atomic mass is 19.1. The molecule has 3 nitrogen and oxygen atoms in total. The van der Waals surface area contributed by atoms with Crippen molar-refractivity contribution in [3.05, 3.63) is 29.6 Å². The molecule has 18 heavy (non-hydrogen) atoms. The summed E-state index contributed by atoms with van der Waals surface area (Å²) in [4.78, 5) is 0. The van der Waals surface area contributed by atoms with Crippen molar-refractivity contribution in [3.8, 4) is 5.75 Å². The van der Waals surface area contributed by atoms with Gasteiger partial charge in [-0.2, -0.15) is 0 Å². The second-order valence-electron chi connectivity index (χ2n) is 4.26. The molecule has 0 aromatic heterocycles. The molecule has 0 saturated heterocycles. The number of halogens is 1. The van der Waals surface area contributed by atoms with Gasteiger partial charge >= 0.3 is 0 Å². The molecule has 4 heteroatoms. The fourth-order valence-electron chi connectivity index (χ4n) is 1.59. The van der Waals surface area contributed by atoms with Crippen molar-refractivity contribution < 1.29 is 13.9 Å². The third-order valence-corrected chi connectivity index (χ3v) is 2.60. The molecule has 2 N–H and O–H groups in total. The van der Waals surface area contributed by atoms with Crippen molar-refractivity contribution >= 4 is 0 Å². The molecule has 1 rings (SSSR count). The Balaban J connectivity index is 2.46. The van der Waals surface area contributed by atoms with Gasteiger partial charge in [0, 0.05) is 18.2 Å². The Kier molecular flexibility index (Phi) is 6.68. The Hall–Kier alpha value is -1.13. The summed E-state index contributed by atoms with van der Waals surface area (Å²) in [5.74, 6) is -0.134. The number of benzene rings is 1. The average Bonchev–Trinajstić information content (AvgIpc) is 2.34. The Morgan fingerprint density at radius 3 is 2.72 bits per heavy atom. The lowest BCUT2D eigenvalue weighted by atomic mass is 10.1. The third kappa shape index (κ3) is 4.63. The van der Waals surface area contributed by atoms with Gasteiger partial charge in [0.2, 0.25) is 0 Å². The van der Waals surface area contributed by atoms with Gasteiger partial charge in [-0.1, -0.05) is 25.5 Å². The highest BCUT2D eigenvalue weighted by Gasteiger charge is 2.12. The number of para-hydroxylation sites is 1. The minimum atomic E-state index is -0.377. The molecule has 0 bridgehead atoms. The molecule has 102 valence electrons. The van der Waals surface area contributed by atoms with Crippen LogP contribution in [-0.2, 0) is 4.74 Å². The summed E-state index contributed by atoms with van der Waals surface area (Å²) in [6, 6.07) is 4.54. The van der Waals surface area contributed by atoms with Crippen LogP contribution in [0.1, 0.15) is 38.3 Å². The molecule has 1 aromatic rings. The number of nitrogens with two attached hydrogens (primary N) is 1. The number of hydrogen-bond donors (Lipinski definition) is 1. The molecule has 0 aliphatic heterocycles. The van der Waals surface area contributed by atoms with Crippen molar-refractivity contribution in [2.75, 3.05) is 19.8 Å². The maximum Gasteiger partial charge on any atom is 0.165 e. The van der Waals surface area contributed by atoms with Gasteiger partial charge in [0.1, 0.15) is 6.61 Å². The Bertz CT molecular complexity index is 356. The van der Waals surface area contributed by atoms with Crippen LogP contribution in [0.25, 0.3) is 0 Å². The maximum absolute atomic E-state index is 13.6. The topological polar surface area (TPSA) is 44.5 Å². The highest BCUT2D eigenvalue weighted by Crippen LogP contribution is 2.26. The minimum Gasteiger partial charge on any atom is -0.488 e. The van der Waals surface area contributed by atoms with Gasteiger partial charge < -0.3 is 15.2 Å². The smallest absolute Gasteiger partial charge is 0.165 e. The van der Waals surface area contributed by atoms with E-state index in [0.717, 1.165) is 19.4 Å². The summed E-state index contributed by atoms with van der Waals surface area (Å²) in [6.07, 6.45) is 2.13. The summed E-state index contributed by atoms with van der Waals surface area (Å²) < 4.78 is 24.4. The van der Waals surface area contributed by atoms with Crippen molar-refractivity contribution in [2.24, 2.45) is 5.73 Å². The predicted molar refractivity (Wildman–Crippen MR) is 70.2 cm³/mol. The maximum atomic E-state index is 13.6. The second-order valence-corrected chi connectivity index (χ2v) is 4.26. The SMILES string of the molecule is CCCCOCCOc1c(F)cccc1[C@H](C)N. The molecule has 0 fully saturated rings. The second kappa shape index (κ2) is 8.06. The number of hydrogen-bond acceptors (Lipinski definition) is 3. The van der Waals surface area contributed by atoms with Crippen molar-refractivity contribution in [3.63, 3.8) is 0 Å². The molecule has 0 aliphatic rings. The summed E-state index contributed by atoms with van der Waals surface area (Å²) in [6.45, 7) is 5.43. The third-order valence-electron chi connectivity index (χ3n) is 2.60. The van der Waals surface area contributed by atoms with E-state index in [4.69, 9.17) is 15.2 Å². The summed E-state index contributed by atoms with van der Waals surface area (Å²) in [5.41, 5.74) is 6.46. The molecule has 0 spiro atoms. The van der Waals surface area contributed by atoms with E-state index >= 15 is 0 Å². The first-order valence-electron chi connectivity index (χ1n) is 6.41. The quantitative estimate of drug-likeness (QED) is 0.726. The molecule has 0 saturated carbocycles. The number of ether oxygens (including phenoxy) is 2. The first-order chi connectivity index (χ1) is 8.66. The molecule has 1 atom stereocenters. The minimum absolute atomic E-state index is 0.242. The Morgan fingerprint density at radius 2 is 2.06 bits per heavy atom. The Labute approximate surface area is 108 Å². The zero-order chi connectivity index (χ0) is 13.4. The average molecular weight is 255 g/mol. The van der Waals surface area contributed by atoms with Crippen LogP contribution in [0, 0.1) is 5.82 Å². The Morgan fingerprint density at radius 1 is 1.28 bits per heavy atom. The van der Waals surface area contributed by atoms with Crippen LogP contribution in [0.2, 0.25) is 0 Å². The number of rotatable bonds is 8. The van der Waals surface area contributed by atoms with Gasteiger partial charge in [-0.3, -0.25) is 0 Å². The zero-order valence-electron chi connectivity index (χ0n) is 11.1. The standard InChI is InChI=1S/C14H22FNO2/c1-3-4-8-17-9-10-18-14-12(11(2)16)6-5-7-13(14)15/h5-7,11H,3-4,8-10,16H2,1-2H3/t11-/m0/s1. The van der Waals surface area contributed by atoms with E-state index in [2.05, 4.69) is 6.92 Å². The predicted octanol–water partition coefficient (Wildman–Crippen LogP) is 3.04. The monoisotopic (exact) mass is 255 g/mol. The molecular formula is C14H22FNO2. The molecule has 0 heterocycles. The van der Waals surface area contributed by atoms with Gasteiger partial charge in [-0.15, -0.1) is 0 Å². The normalized spacial score (nSPS) is 12.4. The van der Waals surface area contributed by atoms with Gasteiger partial charge in [0.05, 0.1) is 6.61 Å². The fourth-order valence-corrected chi connectivity index (χ4v) is 1.59. The van der Waals surface area contributed by atoms with E-state index in [1.807, 2.05) is 0 Å². The van der Waals surface area contributed by atoms with Crippen LogP contribution >= 0.6 is 0 Å². The summed E-state index contributed by atoms with van der Waals surface area (Å²) in [5, 5.41) is 0. The van der Waals surface area contributed by atoms with Gasteiger partial charge in [0.25, 0.3) is 0 Å². The van der Waals surface area contributed by atoms with Crippen LogP contribution < -0.4 is 10.5 Å². The molecular weight excluding hydrogens is 233 g/mol. The van der Waals surface area contributed by atoms with Gasteiger partial charge in [-0.25, -0.2) is 4.39 Å². The van der Waals surface area contributed by atoms with Crippen LogP contribution in [-0.4, -0.2) is 19.8 Å². The highest BCUT2D eigenvalue weighted by molar-refractivity contribution is 5.36. The fraction of sp³-hybridized carbons (Fsp3) is 0.571. The van der Waals surface area contributed by atoms with Crippen LogP contribution in [0.5, 0.6) is 5.75 Å². The van der Waals surface area contributed by atoms with E-state index in [1.54, 1.807) is 19.1 Å². The molecule has 0 radical (unpaired) electrons. The first kappa shape index (κ1) is 14.9. The zero-order valence-corrected chi connectivity index (χ0v) is 11.1. The van der Waals surface area contributed by atoms with Crippen molar-refractivity contribution in [2.45, 2.75) is 32.7 Å². The van der Waals surface area contributed by atoms with E-state index in [1.165, 1.54) is 6.07 Å². The molecule has 0 aliphatic carbocycles. The van der Waals surface area contributed by atoms with E-state index in [9.17, 15) is 4.39 Å². The summed E-state index contributed by atoms with van der Waals surface area (Å²) in [7, 11) is 0. The number of unbranched alkanes of at least 4 members (excludes halogenated alkanes) is 1.